The van der Waals surface area contributed by atoms with Gasteiger partial charge in [0.05, 0.1) is 10.7 Å². The molecule has 1 amide bonds. The number of amides is 1. The molecule has 1 aromatic carbocycles. The van der Waals surface area contributed by atoms with Crippen molar-refractivity contribution in [2.45, 2.75) is 38.5 Å². The highest BCUT2D eigenvalue weighted by molar-refractivity contribution is 6.31. The van der Waals surface area contributed by atoms with E-state index in [1.807, 2.05) is 14.0 Å². The Morgan fingerprint density at radius 2 is 1.96 bits per heavy atom. The number of imidazole rings is 1. The Kier molecular flexibility index (Phi) is 4.54. The molecule has 1 aromatic heterocycles. The average Bonchev–Trinajstić information content (AvgIpc) is 3.22. The first-order valence-corrected chi connectivity index (χ1v) is 9.52. The van der Waals surface area contributed by atoms with E-state index in [2.05, 4.69) is 10.3 Å². The Balaban J connectivity index is 1.60. The van der Waals surface area contributed by atoms with E-state index in [-0.39, 0.29) is 16.8 Å². The van der Waals surface area contributed by atoms with Gasteiger partial charge in [-0.3, -0.25) is 9.59 Å². The van der Waals surface area contributed by atoms with Crippen molar-refractivity contribution in [2.24, 2.45) is 18.9 Å². The normalized spacial score (nSPS) is 24.3. The van der Waals surface area contributed by atoms with Gasteiger partial charge in [-0.05, 0) is 49.8 Å². The van der Waals surface area contributed by atoms with Crippen LogP contribution in [0.3, 0.4) is 0 Å². The van der Waals surface area contributed by atoms with Crippen LogP contribution in [-0.2, 0) is 11.8 Å². The summed E-state index contributed by atoms with van der Waals surface area (Å²) in [6, 6.07) is 4.10. The number of nitrogens with one attached hydrogen (secondary N) is 1. The van der Waals surface area contributed by atoms with Crippen LogP contribution in [0.2, 0.25) is 5.02 Å². The van der Waals surface area contributed by atoms with Crippen LogP contribution in [0.25, 0.3) is 0 Å². The van der Waals surface area contributed by atoms with Crippen molar-refractivity contribution in [3.05, 3.63) is 46.3 Å². The summed E-state index contributed by atoms with van der Waals surface area (Å²) in [5.41, 5.74) is 1.75. The van der Waals surface area contributed by atoms with Crippen LogP contribution < -0.4 is 5.32 Å². The highest BCUT2D eigenvalue weighted by atomic mass is 35.5. The summed E-state index contributed by atoms with van der Waals surface area (Å²) in [5.74, 6) is 1.31. The third-order valence-electron chi connectivity index (χ3n) is 5.95. The van der Waals surface area contributed by atoms with E-state index in [0.29, 0.717) is 41.8 Å². The Hall–Kier alpha value is -2.21. The molecule has 1 N–H and O–H groups in total. The molecular formula is C20H21ClFN3O2. The number of rotatable bonds is 3. The molecule has 4 rings (SSSR count). The van der Waals surface area contributed by atoms with Crippen LogP contribution in [0.5, 0.6) is 0 Å². The summed E-state index contributed by atoms with van der Waals surface area (Å²) in [6.45, 7) is 1.87. The molecule has 2 fully saturated rings. The maximum atomic E-state index is 13.4. The second kappa shape index (κ2) is 6.75. The summed E-state index contributed by atoms with van der Waals surface area (Å²) < 4.78 is 15.1. The number of halogens is 2. The van der Waals surface area contributed by atoms with Crippen molar-refractivity contribution >= 4 is 29.0 Å². The lowest BCUT2D eigenvalue weighted by Crippen LogP contribution is -2.19. The summed E-state index contributed by atoms with van der Waals surface area (Å²) in [6.07, 6.45) is 3.11. The van der Waals surface area contributed by atoms with Crippen LogP contribution in [0.1, 0.15) is 53.6 Å². The number of fused-ring (bicyclic) bond motifs is 1. The van der Waals surface area contributed by atoms with Crippen molar-refractivity contribution < 1.29 is 14.0 Å². The summed E-state index contributed by atoms with van der Waals surface area (Å²) >= 11 is 5.81. The number of ketones is 1. The SMILES string of the molecule is Cc1nc(C2CC3CC(=O)CC3C2)c(C(=O)Nc2ccc(F)c(Cl)c2)n1C. The number of carbonyl (C=O) groups excluding carboxylic acids is 2. The molecule has 7 heteroatoms. The first-order valence-electron chi connectivity index (χ1n) is 9.14. The predicted molar refractivity (Wildman–Crippen MR) is 101 cm³/mol. The van der Waals surface area contributed by atoms with Gasteiger partial charge in [-0.25, -0.2) is 9.37 Å². The molecule has 2 saturated carbocycles. The van der Waals surface area contributed by atoms with Crippen molar-refractivity contribution in [3.63, 3.8) is 0 Å². The Bertz CT molecular complexity index is 924. The van der Waals surface area contributed by atoms with Gasteiger partial charge in [0, 0.05) is 31.5 Å². The minimum absolute atomic E-state index is 0.0394. The fourth-order valence-corrected chi connectivity index (χ4v) is 4.74. The summed E-state index contributed by atoms with van der Waals surface area (Å²) in [5, 5.41) is 2.76. The zero-order chi connectivity index (χ0) is 19.3. The van der Waals surface area contributed by atoms with Gasteiger partial charge in [-0.1, -0.05) is 11.6 Å². The standard InChI is InChI=1S/C20H21ClFN3O2/c1-10-23-18(13-5-11-7-15(26)8-12(11)6-13)19(25(10)2)20(27)24-14-3-4-17(22)16(21)9-14/h3-4,9,11-13H,5-8H2,1-2H3,(H,24,27). The second-order valence-corrected chi connectivity index (χ2v) is 8.08. The first kappa shape index (κ1) is 18.2. The van der Waals surface area contributed by atoms with Gasteiger partial charge < -0.3 is 9.88 Å². The number of anilines is 1. The number of benzene rings is 1. The first-order chi connectivity index (χ1) is 12.8. The molecule has 2 unspecified atom stereocenters. The maximum Gasteiger partial charge on any atom is 0.274 e. The molecule has 0 spiro atoms. The third kappa shape index (κ3) is 3.27. The molecule has 0 bridgehead atoms. The van der Waals surface area contributed by atoms with Crippen LogP contribution in [-0.4, -0.2) is 21.2 Å². The molecule has 2 aliphatic rings. The molecule has 2 aliphatic carbocycles. The number of hydrogen-bond acceptors (Lipinski definition) is 3. The summed E-state index contributed by atoms with van der Waals surface area (Å²) in [4.78, 5) is 29.3. The van der Waals surface area contributed by atoms with Gasteiger partial charge in [-0.15, -0.1) is 0 Å². The molecule has 0 saturated heterocycles. The molecule has 142 valence electrons. The van der Waals surface area contributed by atoms with Crippen molar-refractivity contribution in [2.75, 3.05) is 5.32 Å². The van der Waals surface area contributed by atoms with Gasteiger partial charge in [0.2, 0.25) is 0 Å². The van der Waals surface area contributed by atoms with Crippen molar-refractivity contribution in [1.29, 1.82) is 0 Å². The van der Waals surface area contributed by atoms with Crippen LogP contribution in [0.4, 0.5) is 10.1 Å². The largest absolute Gasteiger partial charge is 0.327 e. The van der Waals surface area contributed by atoms with Gasteiger partial charge in [0.15, 0.2) is 0 Å². The lowest BCUT2D eigenvalue weighted by atomic mass is 9.97. The number of aryl methyl sites for hydroxylation is 1. The van der Waals surface area contributed by atoms with Gasteiger partial charge >= 0.3 is 0 Å². The van der Waals surface area contributed by atoms with E-state index in [0.717, 1.165) is 24.4 Å². The van der Waals surface area contributed by atoms with E-state index in [9.17, 15) is 14.0 Å². The van der Waals surface area contributed by atoms with Gasteiger partial charge in [-0.2, -0.15) is 0 Å². The van der Waals surface area contributed by atoms with E-state index in [1.165, 1.54) is 18.2 Å². The molecular weight excluding hydrogens is 369 g/mol. The van der Waals surface area contributed by atoms with Crippen LogP contribution in [0, 0.1) is 24.6 Å². The number of Topliss-reactive ketones (excluding diaryl/α,β-unsaturated/α-hetero) is 1. The fraction of sp³-hybridized carbons (Fsp3) is 0.450. The zero-order valence-electron chi connectivity index (χ0n) is 15.3. The molecule has 2 atom stereocenters. The Morgan fingerprint density at radius 1 is 1.30 bits per heavy atom. The number of hydrogen-bond donors (Lipinski definition) is 1. The second-order valence-electron chi connectivity index (χ2n) is 7.67. The maximum absolute atomic E-state index is 13.4. The molecule has 1 heterocycles. The van der Waals surface area contributed by atoms with Crippen LogP contribution >= 0.6 is 11.6 Å². The zero-order valence-corrected chi connectivity index (χ0v) is 16.0. The lowest BCUT2D eigenvalue weighted by Gasteiger charge is -2.13. The number of aromatic nitrogens is 2. The molecule has 5 nitrogen and oxygen atoms in total. The van der Waals surface area contributed by atoms with Crippen LogP contribution in [0.15, 0.2) is 18.2 Å². The van der Waals surface area contributed by atoms with E-state index >= 15 is 0 Å². The highest BCUT2D eigenvalue weighted by Crippen LogP contribution is 2.49. The van der Waals surface area contributed by atoms with Crippen molar-refractivity contribution in [3.8, 4) is 0 Å². The van der Waals surface area contributed by atoms with Gasteiger partial charge in [0.1, 0.15) is 23.1 Å². The summed E-state index contributed by atoms with van der Waals surface area (Å²) in [7, 11) is 1.82. The van der Waals surface area contributed by atoms with Gasteiger partial charge in [0.25, 0.3) is 5.91 Å². The van der Waals surface area contributed by atoms with E-state index < -0.39 is 5.82 Å². The predicted octanol–water partition coefficient (Wildman–Crippen LogP) is 4.25. The number of carbonyl (C=O) groups is 2. The average molecular weight is 390 g/mol. The third-order valence-corrected chi connectivity index (χ3v) is 6.24. The van der Waals surface area contributed by atoms with Crippen molar-refractivity contribution in [1.82, 2.24) is 9.55 Å². The topological polar surface area (TPSA) is 64.0 Å². The van der Waals surface area contributed by atoms with E-state index in [4.69, 9.17) is 11.6 Å². The highest BCUT2D eigenvalue weighted by Gasteiger charge is 2.43. The van der Waals surface area contributed by atoms with E-state index in [1.54, 1.807) is 4.57 Å². The minimum Gasteiger partial charge on any atom is -0.327 e. The Morgan fingerprint density at radius 3 is 2.59 bits per heavy atom. The fourth-order valence-electron chi connectivity index (χ4n) is 4.56. The minimum atomic E-state index is -0.529. The molecule has 0 radical (unpaired) electrons. The smallest absolute Gasteiger partial charge is 0.274 e. The lowest BCUT2D eigenvalue weighted by molar-refractivity contribution is -0.117. The Labute approximate surface area is 161 Å². The number of nitrogens with zero attached hydrogens (tertiary/aromatic N) is 2. The quantitative estimate of drug-likeness (QED) is 0.853. The molecule has 27 heavy (non-hydrogen) atoms. The molecule has 2 aromatic rings. The monoisotopic (exact) mass is 389 g/mol. The molecule has 0 aliphatic heterocycles.